The van der Waals surface area contributed by atoms with E-state index in [0.29, 0.717) is 0 Å². The minimum atomic E-state index is 0.874. The van der Waals surface area contributed by atoms with Crippen LogP contribution in [0.1, 0.15) is 12.8 Å². The lowest BCUT2D eigenvalue weighted by Crippen LogP contribution is -2.26. The van der Waals surface area contributed by atoms with Crippen LogP contribution < -0.4 is 5.43 Å². The van der Waals surface area contributed by atoms with Crippen LogP contribution >= 0.6 is 0 Å². The van der Waals surface area contributed by atoms with E-state index in [2.05, 4.69) is 20.5 Å². The molecular formula is C10H13N5. The zero-order valence-electron chi connectivity index (χ0n) is 8.43. The van der Waals surface area contributed by atoms with Crippen molar-refractivity contribution in [3.05, 3.63) is 24.7 Å². The predicted octanol–water partition coefficient (Wildman–Crippen LogP) is 1.15. The van der Waals surface area contributed by atoms with Crippen LogP contribution in [0.2, 0.25) is 0 Å². The molecule has 1 N–H and O–H groups in total. The molecule has 2 aromatic heterocycles. The van der Waals surface area contributed by atoms with E-state index in [9.17, 15) is 0 Å². The Balaban J connectivity index is 1.84. The van der Waals surface area contributed by atoms with Crippen molar-refractivity contribution in [2.24, 2.45) is 0 Å². The SMILES string of the molecule is c1nc2cc(NN3CCCC3)ccn2n1. The van der Waals surface area contributed by atoms with Gasteiger partial charge in [0.1, 0.15) is 6.33 Å². The third kappa shape index (κ3) is 1.66. The molecule has 0 unspecified atom stereocenters. The van der Waals surface area contributed by atoms with E-state index in [-0.39, 0.29) is 0 Å². The summed E-state index contributed by atoms with van der Waals surface area (Å²) in [5.74, 6) is 0. The van der Waals surface area contributed by atoms with E-state index in [0.717, 1.165) is 24.4 Å². The first-order valence-electron chi connectivity index (χ1n) is 5.23. The number of hydrazine groups is 1. The second-order valence-electron chi connectivity index (χ2n) is 3.78. The third-order valence-electron chi connectivity index (χ3n) is 2.67. The Morgan fingerprint density at radius 3 is 3.00 bits per heavy atom. The van der Waals surface area contributed by atoms with Crippen molar-refractivity contribution < 1.29 is 0 Å². The molecule has 1 aliphatic rings. The molecule has 0 aliphatic carbocycles. The Bertz CT molecular complexity index is 458. The number of pyridine rings is 1. The standard InChI is InChI=1S/C10H13N5/c1-2-5-14(4-1)13-9-3-6-15-10(7-9)11-8-12-15/h3,6-8,13H,1-2,4-5H2. The van der Waals surface area contributed by atoms with E-state index >= 15 is 0 Å². The molecular weight excluding hydrogens is 190 g/mol. The average molecular weight is 203 g/mol. The van der Waals surface area contributed by atoms with E-state index in [1.165, 1.54) is 12.8 Å². The highest BCUT2D eigenvalue weighted by molar-refractivity contribution is 5.52. The summed E-state index contributed by atoms with van der Waals surface area (Å²) in [5.41, 5.74) is 5.33. The Kier molecular flexibility index (Phi) is 2.03. The first-order valence-corrected chi connectivity index (χ1v) is 5.23. The Labute approximate surface area is 87.7 Å². The summed E-state index contributed by atoms with van der Waals surface area (Å²) in [6.07, 6.45) is 6.04. The van der Waals surface area contributed by atoms with E-state index in [4.69, 9.17) is 0 Å². The molecule has 0 bridgehead atoms. The number of hydrogen-bond acceptors (Lipinski definition) is 4. The monoisotopic (exact) mass is 203 g/mol. The fraction of sp³-hybridized carbons (Fsp3) is 0.400. The van der Waals surface area contributed by atoms with Gasteiger partial charge in [0.05, 0.1) is 5.69 Å². The minimum absolute atomic E-state index is 0.874. The molecule has 0 amide bonds. The summed E-state index contributed by atoms with van der Waals surface area (Å²) in [6.45, 7) is 2.25. The maximum Gasteiger partial charge on any atom is 0.157 e. The molecule has 0 spiro atoms. The molecule has 3 heterocycles. The lowest BCUT2D eigenvalue weighted by atomic mass is 10.4. The maximum absolute atomic E-state index is 4.15. The first kappa shape index (κ1) is 8.67. The van der Waals surface area contributed by atoms with Crippen LogP contribution in [0, 0.1) is 0 Å². The topological polar surface area (TPSA) is 45.5 Å². The molecule has 0 aromatic carbocycles. The van der Waals surface area contributed by atoms with Crippen molar-refractivity contribution in [3.8, 4) is 0 Å². The highest BCUT2D eigenvalue weighted by Gasteiger charge is 2.11. The Hall–Kier alpha value is -1.62. The zero-order chi connectivity index (χ0) is 10.1. The van der Waals surface area contributed by atoms with Gasteiger partial charge >= 0.3 is 0 Å². The van der Waals surface area contributed by atoms with Gasteiger partial charge in [-0.1, -0.05) is 0 Å². The Morgan fingerprint density at radius 2 is 2.13 bits per heavy atom. The number of hydrogen-bond donors (Lipinski definition) is 1. The van der Waals surface area contributed by atoms with Gasteiger partial charge in [0.15, 0.2) is 5.65 Å². The number of rotatable bonds is 2. The summed E-state index contributed by atoms with van der Waals surface area (Å²) in [4.78, 5) is 4.15. The third-order valence-corrected chi connectivity index (χ3v) is 2.67. The average Bonchev–Trinajstić information content (AvgIpc) is 2.87. The molecule has 1 fully saturated rings. The van der Waals surface area contributed by atoms with Crippen molar-refractivity contribution in [1.82, 2.24) is 19.6 Å². The van der Waals surface area contributed by atoms with Gasteiger partial charge < -0.3 is 5.43 Å². The molecule has 15 heavy (non-hydrogen) atoms. The van der Waals surface area contributed by atoms with E-state index < -0.39 is 0 Å². The molecule has 2 aromatic rings. The molecule has 0 saturated carbocycles. The van der Waals surface area contributed by atoms with Gasteiger partial charge in [-0.15, -0.1) is 0 Å². The molecule has 1 aliphatic heterocycles. The summed E-state index contributed by atoms with van der Waals surface area (Å²) in [6, 6.07) is 4.02. The van der Waals surface area contributed by atoms with Gasteiger partial charge in [0, 0.05) is 25.4 Å². The second kappa shape index (κ2) is 3.51. The van der Waals surface area contributed by atoms with Gasteiger partial charge in [0.2, 0.25) is 0 Å². The van der Waals surface area contributed by atoms with Crippen LogP contribution in [0.5, 0.6) is 0 Å². The molecule has 1 saturated heterocycles. The maximum atomic E-state index is 4.15. The molecule has 5 heteroatoms. The van der Waals surface area contributed by atoms with Crippen molar-refractivity contribution in [1.29, 1.82) is 0 Å². The van der Waals surface area contributed by atoms with E-state index in [1.54, 1.807) is 10.8 Å². The van der Waals surface area contributed by atoms with E-state index in [1.807, 2.05) is 18.3 Å². The summed E-state index contributed by atoms with van der Waals surface area (Å²) in [7, 11) is 0. The summed E-state index contributed by atoms with van der Waals surface area (Å²) < 4.78 is 1.76. The van der Waals surface area contributed by atoms with Gasteiger partial charge in [0.25, 0.3) is 0 Å². The zero-order valence-corrected chi connectivity index (χ0v) is 8.43. The minimum Gasteiger partial charge on any atom is -0.319 e. The van der Waals surface area contributed by atoms with Gasteiger partial charge in [-0.25, -0.2) is 14.5 Å². The van der Waals surface area contributed by atoms with Crippen LogP contribution in [-0.2, 0) is 0 Å². The number of anilines is 1. The lowest BCUT2D eigenvalue weighted by Gasteiger charge is -2.17. The highest BCUT2D eigenvalue weighted by atomic mass is 15.5. The van der Waals surface area contributed by atoms with Gasteiger partial charge in [-0.05, 0) is 18.9 Å². The fourth-order valence-corrected chi connectivity index (χ4v) is 1.90. The fourth-order valence-electron chi connectivity index (χ4n) is 1.90. The van der Waals surface area contributed by atoms with Crippen molar-refractivity contribution in [2.45, 2.75) is 12.8 Å². The second-order valence-corrected chi connectivity index (χ2v) is 3.78. The van der Waals surface area contributed by atoms with Gasteiger partial charge in [-0.3, -0.25) is 0 Å². The van der Waals surface area contributed by atoms with Crippen molar-refractivity contribution >= 4 is 11.3 Å². The van der Waals surface area contributed by atoms with Crippen LogP contribution in [-0.4, -0.2) is 32.7 Å². The van der Waals surface area contributed by atoms with Crippen molar-refractivity contribution in [3.63, 3.8) is 0 Å². The van der Waals surface area contributed by atoms with Crippen LogP contribution in [0.3, 0.4) is 0 Å². The largest absolute Gasteiger partial charge is 0.319 e. The normalized spacial score (nSPS) is 17.3. The number of nitrogens with one attached hydrogen (secondary N) is 1. The van der Waals surface area contributed by atoms with Gasteiger partial charge in [-0.2, -0.15) is 5.10 Å². The smallest absolute Gasteiger partial charge is 0.157 e. The molecule has 0 radical (unpaired) electrons. The lowest BCUT2D eigenvalue weighted by molar-refractivity contribution is 0.410. The molecule has 5 nitrogen and oxygen atoms in total. The van der Waals surface area contributed by atoms with Crippen LogP contribution in [0.15, 0.2) is 24.7 Å². The highest BCUT2D eigenvalue weighted by Crippen LogP contribution is 2.13. The Morgan fingerprint density at radius 1 is 1.27 bits per heavy atom. The van der Waals surface area contributed by atoms with Crippen molar-refractivity contribution in [2.75, 3.05) is 18.5 Å². The number of aromatic nitrogens is 3. The predicted molar refractivity (Wildman–Crippen MR) is 57.4 cm³/mol. The molecule has 78 valence electrons. The summed E-state index contributed by atoms with van der Waals surface area (Å²) >= 11 is 0. The van der Waals surface area contributed by atoms with Crippen LogP contribution in [0.25, 0.3) is 5.65 Å². The van der Waals surface area contributed by atoms with Crippen LogP contribution in [0.4, 0.5) is 5.69 Å². The number of nitrogens with zero attached hydrogens (tertiary/aromatic N) is 4. The quantitative estimate of drug-likeness (QED) is 0.795. The summed E-state index contributed by atoms with van der Waals surface area (Å²) in [5, 5.41) is 6.29. The number of fused-ring (bicyclic) bond motifs is 1. The molecule has 0 atom stereocenters. The molecule has 3 rings (SSSR count). The first-order chi connectivity index (χ1) is 7.42.